The zero-order valence-electron chi connectivity index (χ0n) is 14.8. The second-order valence-corrected chi connectivity index (χ2v) is 6.97. The highest BCUT2D eigenvalue weighted by Gasteiger charge is 2.35. The van der Waals surface area contributed by atoms with Crippen molar-refractivity contribution in [1.29, 1.82) is 0 Å². The molecule has 0 bridgehead atoms. The number of carbonyl (C=O) groups is 1. The fraction of sp³-hybridized carbons (Fsp3) is 0.632. The van der Waals surface area contributed by atoms with Gasteiger partial charge in [0.15, 0.2) is 0 Å². The van der Waals surface area contributed by atoms with Crippen molar-refractivity contribution in [2.45, 2.75) is 40.0 Å². The third kappa shape index (κ3) is 4.25. The molecule has 128 valence electrons. The summed E-state index contributed by atoms with van der Waals surface area (Å²) in [5.41, 5.74) is 7.89. The molecule has 1 saturated heterocycles. The third-order valence-electron chi connectivity index (χ3n) is 4.98. The van der Waals surface area contributed by atoms with Crippen molar-refractivity contribution in [1.82, 2.24) is 4.90 Å². The summed E-state index contributed by atoms with van der Waals surface area (Å²) in [7, 11) is 0. The Labute approximate surface area is 140 Å². The molecule has 0 aromatic heterocycles. The van der Waals surface area contributed by atoms with Crippen LogP contribution in [0.2, 0.25) is 0 Å². The van der Waals surface area contributed by atoms with Crippen LogP contribution in [0, 0.1) is 5.41 Å². The van der Waals surface area contributed by atoms with Crippen LogP contribution in [0.1, 0.15) is 50.4 Å². The number of unbranched alkanes of at least 4 members (excludes halogenated alkanes) is 1. The van der Waals surface area contributed by atoms with Gasteiger partial charge in [-0.2, -0.15) is 0 Å². The first-order valence-electron chi connectivity index (χ1n) is 8.87. The number of likely N-dealkylation sites (tertiary alicyclic amines) is 1. The van der Waals surface area contributed by atoms with Crippen LogP contribution in [0.15, 0.2) is 24.3 Å². The zero-order chi connectivity index (χ0) is 16.9. The molecule has 2 N–H and O–H groups in total. The second-order valence-electron chi connectivity index (χ2n) is 6.97. The van der Waals surface area contributed by atoms with Crippen molar-refractivity contribution in [3.8, 4) is 0 Å². The molecule has 1 fully saturated rings. The quantitative estimate of drug-likeness (QED) is 0.840. The molecule has 1 aromatic rings. The van der Waals surface area contributed by atoms with Gasteiger partial charge in [0, 0.05) is 37.4 Å². The summed E-state index contributed by atoms with van der Waals surface area (Å²) >= 11 is 0. The Morgan fingerprint density at radius 2 is 2.00 bits per heavy atom. The fourth-order valence-corrected chi connectivity index (χ4v) is 3.18. The average Bonchev–Trinajstić information content (AvgIpc) is 2.98. The van der Waals surface area contributed by atoms with E-state index in [1.54, 1.807) is 0 Å². The van der Waals surface area contributed by atoms with Gasteiger partial charge >= 0.3 is 0 Å². The number of carbonyl (C=O) groups excluding carboxylic acids is 1. The van der Waals surface area contributed by atoms with Gasteiger partial charge in [0.1, 0.15) is 0 Å². The molecule has 1 aliphatic heterocycles. The number of anilines is 1. The van der Waals surface area contributed by atoms with Crippen LogP contribution in [0.3, 0.4) is 0 Å². The average molecular weight is 317 g/mol. The van der Waals surface area contributed by atoms with Gasteiger partial charge in [0.25, 0.3) is 5.91 Å². The molecular weight excluding hydrogens is 286 g/mol. The van der Waals surface area contributed by atoms with Crippen LogP contribution in [0.5, 0.6) is 0 Å². The standard InChI is InChI=1S/C19H31N3O/c1-4-6-12-21(5-2)17-9-7-16(8-10-17)18(23)22-13-11-19(3,14-20)15-22/h7-10H,4-6,11-15,20H2,1-3H3. The van der Waals surface area contributed by atoms with E-state index < -0.39 is 0 Å². The minimum Gasteiger partial charge on any atom is -0.372 e. The predicted molar refractivity (Wildman–Crippen MR) is 96.9 cm³/mol. The molecule has 0 radical (unpaired) electrons. The molecule has 1 aromatic carbocycles. The van der Waals surface area contributed by atoms with E-state index in [-0.39, 0.29) is 11.3 Å². The Kier molecular flexibility index (Phi) is 6.05. The maximum Gasteiger partial charge on any atom is 0.253 e. The van der Waals surface area contributed by atoms with Crippen LogP contribution in [-0.4, -0.2) is 43.5 Å². The second kappa shape index (κ2) is 7.82. The predicted octanol–water partition coefficient (Wildman–Crippen LogP) is 3.12. The summed E-state index contributed by atoms with van der Waals surface area (Å²) in [5.74, 6) is 0.130. The summed E-state index contributed by atoms with van der Waals surface area (Å²) in [6.07, 6.45) is 3.38. The summed E-state index contributed by atoms with van der Waals surface area (Å²) in [5, 5.41) is 0. The summed E-state index contributed by atoms with van der Waals surface area (Å²) < 4.78 is 0. The van der Waals surface area contributed by atoms with Crippen LogP contribution < -0.4 is 10.6 Å². The minimum atomic E-state index is 0.0781. The SMILES string of the molecule is CCCCN(CC)c1ccc(C(=O)N2CCC(C)(CN)C2)cc1. The molecule has 1 atom stereocenters. The summed E-state index contributed by atoms with van der Waals surface area (Å²) in [6.45, 7) is 10.8. The van der Waals surface area contributed by atoms with Crippen molar-refractivity contribution in [2.75, 3.05) is 37.6 Å². The van der Waals surface area contributed by atoms with Gasteiger partial charge < -0.3 is 15.5 Å². The largest absolute Gasteiger partial charge is 0.372 e. The monoisotopic (exact) mass is 317 g/mol. The number of nitrogens with zero attached hydrogens (tertiary/aromatic N) is 2. The number of rotatable bonds is 7. The maximum atomic E-state index is 12.6. The van der Waals surface area contributed by atoms with Crippen molar-refractivity contribution >= 4 is 11.6 Å². The molecule has 1 amide bonds. The smallest absolute Gasteiger partial charge is 0.253 e. The maximum absolute atomic E-state index is 12.6. The van der Waals surface area contributed by atoms with Gasteiger partial charge in [-0.1, -0.05) is 20.3 Å². The highest BCUT2D eigenvalue weighted by atomic mass is 16.2. The van der Waals surface area contributed by atoms with Crippen molar-refractivity contribution < 1.29 is 4.79 Å². The zero-order valence-corrected chi connectivity index (χ0v) is 14.8. The minimum absolute atomic E-state index is 0.0781. The molecule has 0 aliphatic carbocycles. The Morgan fingerprint density at radius 1 is 1.30 bits per heavy atom. The van der Waals surface area contributed by atoms with Gasteiger partial charge in [-0.3, -0.25) is 4.79 Å². The Balaban J connectivity index is 2.03. The number of amides is 1. The molecule has 0 spiro atoms. The fourth-order valence-electron chi connectivity index (χ4n) is 3.18. The first-order chi connectivity index (χ1) is 11.0. The summed E-state index contributed by atoms with van der Waals surface area (Å²) in [4.78, 5) is 16.9. The molecule has 1 aliphatic rings. The van der Waals surface area contributed by atoms with Crippen LogP contribution in [-0.2, 0) is 0 Å². The van der Waals surface area contributed by atoms with Crippen LogP contribution >= 0.6 is 0 Å². The van der Waals surface area contributed by atoms with Crippen LogP contribution in [0.25, 0.3) is 0 Å². The highest BCUT2D eigenvalue weighted by molar-refractivity contribution is 5.94. The number of nitrogens with two attached hydrogens (primary N) is 1. The van der Waals surface area contributed by atoms with Gasteiger partial charge in [0.05, 0.1) is 0 Å². The van der Waals surface area contributed by atoms with Gasteiger partial charge in [0.2, 0.25) is 0 Å². The van der Waals surface area contributed by atoms with Gasteiger partial charge in [-0.05, 0) is 56.0 Å². The molecule has 4 nitrogen and oxygen atoms in total. The van der Waals surface area contributed by atoms with E-state index in [2.05, 4.69) is 37.8 Å². The van der Waals surface area contributed by atoms with E-state index in [0.29, 0.717) is 6.54 Å². The normalized spacial score (nSPS) is 20.8. The summed E-state index contributed by atoms with van der Waals surface area (Å²) in [6, 6.07) is 8.07. The Hall–Kier alpha value is -1.55. The van der Waals surface area contributed by atoms with E-state index in [0.717, 1.165) is 38.2 Å². The van der Waals surface area contributed by atoms with E-state index in [9.17, 15) is 4.79 Å². The topological polar surface area (TPSA) is 49.6 Å². The first-order valence-corrected chi connectivity index (χ1v) is 8.87. The molecule has 23 heavy (non-hydrogen) atoms. The Bertz CT molecular complexity index is 514. The molecule has 1 heterocycles. The van der Waals surface area contributed by atoms with E-state index in [1.165, 1.54) is 18.5 Å². The third-order valence-corrected chi connectivity index (χ3v) is 4.98. The van der Waals surface area contributed by atoms with Gasteiger partial charge in [-0.15, -0.1) is 0 Å². The van der Waals surface area contributed by atoms with Gasteiger partial charge in [-0.25, -0.2) is 0 Å². The highest BCUT2D eigenvalue weighted by Crippen LogP contribution is 2.29. The van der Waals surface area contributed by atoms with Crippen molar-refractivity contribution in [3.63, 3.8) is 0 Å². The molecule has 0 saturated carbocycles. The number of hydrogen-bond acceptors (Lipinski definition) is 3. The molecular formula is C19H31N3O. The Morgan fingerprint density at radius 3 is 2.52 bits per heavy atom. The molecule has 1 unspecified atom stereocenters. The van der Waals surface area contributed by atoms with E-state index in [1.807, 2.05) is 17.0 Å². The van der Waals surface area contributed by atoms with Crippen molar-refractivity contribution in [2.24, 2.45) is 11.1 Å². The lowest BCUT2D eigenvalue weighted by molar-refractivity contribution is 0.0777. The number of hydrogen-bond donors (Lipinski definition) is 1. The van der Waals surface area contributed by atoms with E-state index >= 15 is 0 Å². The lowest BCUT2D eigenvalue weighted by atomic mass is 9.90. The first kappa shape index (κ1) is 17.8. The van der Waals surface area contributed by atoms with E-state index in [4.69, 9.17) is 5.73 Å². The van der Waals surface area contributed by atoms with Crippen molar-refractivity contribution in [3.05, 3.63) is 29.8 Å². The lowest BCUT2D eigenvalue weighted by Crippen LogP contribution is -2.34. The van der Waals surface area contributed by atoms with Crippen LogP contribution in [0.4, 0.5) is 5.69 Å². The molecule has 4 heteroatoms. The molecule has 2 rings (SSSR count). The number of benzene rings is 1. The lowest BCUT2D eigenvalue weighted by Gasteiger charge is -2.24.